The fourth-order valence-corrected chi connectivity index (χ4v) is 3.83. The topological polar surface area (TPSA) is 52.6 Å². The van der Waals surface area contributed by atoms with Crippen molar-refractivity contribution in [1.29, 1.82) is 0 Å². The van der Waals surface area contributed by atoms with E-state index >= 15 is 0 Å². The zero-order chi connectivity index (χ0) is 17.9. The summed E-state index contributed by atoms with van der Waals surface area (Å²) < 4.78 is 35.7. The van der Waals surface area contributed by atoms with E-state index in [9.17, 15) is 8.42 Å². The Morgan fingerprint density at radius 2 is 1.74 bits per heavy atom. The summed E-state index contributed by atoms with van der Waals surface area (Å²) in [5.74, 6) is 0. The van der Waals surface area contributed by atoms with Crippen molar-refractivity contribution in [3.8, 4) is 0 Å². The van der Waals surface area contributed by atoms with Gasteiger partial charge in [-0.1, -0.05) is 44.5 Å². The summed E-state index contributed by atoms with van der Waals surface area (Å²) in [6.45, 7) is 16.2. The molecule has 130 valence electrons. The summed E-state index contributed by atoms with van der Waals surface area (Å²) in [6, 6.07) is 6.57. The Balaban J connectivity index is 2.78. The molecule has 0 N–H and O–H groups in total. The number of hydrogen-bond donors (Lipinski definition) is 0. The first-order chi connectivity index (χ1) is 10.4. The van der Waals surface area contributed by atoms with Crippen LogP contribution in [0.5, 0.6) is 0 Å². The molecule has 1 atom stereocenters. The molecule has 1 aromatic rings. The summed E-state index contributed by atoms with van der Waals surface area (Å²) in [7, 11) is -5.80. The first kappa shape index (κ1) is 20.1. The third-order valence-electron chi connectivity index (χ3n) is 4.21. The van der Waals surface area contributed by atoms with Crippen molar-refractivity contribution < 1.29 is 17.0 Å². The minimum Gasteiger partial charge on any atom is -0.408 e. The molecule has 0 spiro atoms. The van der Waals surface area contributed by atoms with E-state index in [-0.39, 0.29) is 16.5 Å². The Morgan fingerprint density at radius 1 is 1.22 bits per heavy atom. The van der Waals surface area contributed by atoms with Crippen molar-refractivity contribution in [1.82, 2.24) is 0 Å². The third kappa shape index (κ3) is 5.56. The van der Waals surface area contributed by atoms with Crippen LogP contribution in [0.25, 0.3) is 0 Å². The van der Waals surface area contributed by atoms with Gasteiger partial charge in [0.25, 0.3) is 10.1 Å². The van der Waals surface area contributed by atoms with Crippen molar-refractivity contribution in [2.45, 2.75) is 56.8 Å². The second-order valence-electron chi connectivity index (χ2n) is 7.20. The molecule has 1 rings (SSSR count). The molecule has 0 aliphatic heterocycles. The first-order valence-electron chi connectivity index (χ1n) is 7.65. The van der Waals surface area contributed by atoms with E-state index in [0.717, 1.165) is 5.56 Å². The van der Waals surface area contributed by atoms with Crippen molar-refractivity contribution in [2.24, 2.45) is 0 Å². The van der Waals surface area contributed by atoms with Gasteiger partial charge in [-0.15, -0.1) is 6.58 Å². The summed E-state index contributed by atoms with van der Waals surface area (Å²) in [4.78, 5) is 0.151. The van der Waals surface area contributed by atoms with E-state index in [1.807, 2.05) is 6.92 Å². The molecule has 0 aromatic heterocycles. The predicted molar refractivity (Wildman–Crippen MR) is 96.6 cm³/mol. The van der Waals surface area contributed by atoms with Gasteiger partial charge < -0.3 is 4.43 Å². The summed E-state index contributed by atoms with van der Waals surface area (Å²) in [5, 5.41) is 0.0318. The maximum atomic E-state index is 12.2. The number of benzene rings is 1. The van der Waals surface area contributed by atoms with Crippen LogP contribution in [-0.4, -0.2) is 29.4 Å². The Hall–Kier alpha value is -0.953. The minimum absolute atomic E-state index is 0.0318. The molecule has 0 saturated carbocycles. The van der Waals surface area contributed by atoms with E-state index in [4.69, 9.17) is 8.61 Å². The van der Waals surface area contributed by atoms with E-state index in [2.05, 4.69) is 40.4 Å². The highest BCUT2D eigenvalue weighted by Gasteiger charge is 2.39. The van der Waals surface area contributed by atoms with Crippen LogP contribution in [0.4, 0.5) is 0 Å². The SMILES string of the molecule is C=C[C@@H](COS(=O)(=O)c1ccc(C)cc1)O[Si](C)(C)C(C)(C)C. The maximum Gasteiger partial charge on any atom is 0.297 e. The second-order valence-corrected chi connectivity index (χ2v) is 13.6. The van der Waals surface area contributed by atoms with Gasteiger partial charge in [-0.3, -0.25) is 4.18 Å². The Bertz CT molecular complexity index is 628. The lowest BCUT2D eigenvalue weighted by Gasteiger charge is -2.38. The Kier molecular flexibility index (Phi) is 6.37. The molecule has 0 amide bonds. The average molecular weight is 357 g/mol. The van der Waals surface area contributed by atoms with Crippen LogP contribution in [0.2, 0.25) is 18.1 Å². The van der Waals surface area contributed by atoms with Crippen LogP contribution in [0.1, 0.15) is 26.3 Å². The van der Waals surface area contributed by atoms with E-state index < -0.39 is 24.5 Å². The highest BCUT2D eigenvalue weighted by molar-refractivity contribution is 7.86. The van der Waals surface area contributed by atoms with Gasteiger partial charge in [-0.2, -0.15) is 8.42 Å². The lowest BCUT2D eigenvalue weighted by molar-refractivity contribution is 0.153. The van der Waals surface area contributed by atoms with Crippen molar-refractivity contribution in [2.75, 3.05) is 6.61 Å². The van der Waals surface area contributed by atoms with E-state index in [1.54, 1.807) is 30.3 Å². The normalized spacial score (nSPS) is 14.5. The zero-order valence-corrected chi connectivity index (χ0v) is 16.7. The maximum absolute atomic E-state index is 12.2. The van der Waals surface area contributed by atoms with Gasteiger partial charge >= 0.3 is 0 Å². The number of aryl methyl sites for hydroxylation is 1. The van der Waals surface area contributed by atoms with Crippen LogP contribution in [0.15, 0.2) is 41.8 Å². The quantitative estimate of drug-likeness (QED) is 0.416. The van der Waals surface area contributed by atoms with Crippen molar-refractivity contribution >= 4 is 18.4 Å². The molecule has 6 heteroatoms. The van der Waals surface area contributed by atoms with Crippen molar-refractivity contribution in [3.63, 3.8) is 0 Å². The fourth-order valence-electron chi connectivity index (χ4n) is 1.64. The predicted octanol–water partition coefficient (Wildman–Crippen LogP) is 4.28. The van der Waals surface area contributed by atoms with Gasteiger partial charge in [0.05, 0.1) is 17.6 Å². The molecule has 0 fully saturated rings. The number of hydrogen-bond acceptors (Lipinski definition) is 4. The van der Waals surface area contributed by atoms with Crippen LogP contribution in [-0.2, 0) is 18.7 Å². The minimum atomic E-state index is -3.79. The summed E-state index contributed by atoms with van der Waals surface area (Å²) in [6.07, 6.45) is 1.15. The van der Waals surface area contributed by atoms with E-state index in [1.165, 1.54) is 0 Å². The van der Waals surface area contributed by atoms with Crippen LogP contribution < -0.4 is 0 Å². The van der Waals surface area contributed by atoms with Gasteiger partial charge in [0.2, 0.25) is 0 Å². The molecule has 23 heavy (non-hydrogen) atoms. The second kappa shape index (κ2) is 7.30. The lowest BCUT2D eigenvalue weighted by atomic mass is 10.2. The molecule has 0 aliphatic rings. The lowest BCUT2D eigenvalue weighted by Crippen LogP contribution is -2.44. The Morgan fingerprint density at radius 3 is 2.17 bits per heavy atom. The smallest absolute Gasteiger partial charge is 0.297 e. The number of rotatable bonds is 7. The summed E-state index contributed by atoms with van der Waals surface area (Å²) >= 11 is 0. The van der Waals surface area contributed by atoms with Gasteiger partial charge in [-0.05, 0) is 37.2 Å². The molecule has 0 heterocycles. The first-order valence-corrected chi connectivity index (χ1v) is 12.0. The molecule has 0 bridgehead atoms. The molecule has 0 saturated heterocycles. The van der Waals surface area contributed by atoms with Crippen LogP contribution in [0.3, 0.4) is 0 Å². The van der Waals surface area contributed by atoms with Gasteiger partial charge in [-0.25, -0.2) is 0 Å². The van der Waals surface area contributed by atoms with E-state index in [0.29, 0.717) is 0 Å². The zero-order valence-electron chi connectivity index (χ0n) is 14.9. The molecular formula is C17H28O4SSi. The van der Waals surface area contributed by atoms with Crippen LogP contribution >= 0.6 is 0 Å². The third-order valence-corrected chi connectivity index (χ3v) is 10.0. The fraction of sp³-hybridized carbons (Fsp3) is 0.529. The highest BCUT2D eigenvalue weighted by atomic mass is 32.2. The van der Waals surface area contributed by atoms with Crippen LogP contribution in [0, 0.1) is 6.92 Å². The molecule has 0 radical (unpaired) electrons. The van der Waals surface area contributed by atoms with Crippen molar-refractivity contribution in [3.05, 3.63) is 42.5 Å². The largest absolute Gasteiger partial charge is 0.408 e. The summed E-state index contributed by atoms with van der Waals surface area (Å²) in [5.41, 5.74) is 0.995. The molecule has 0 unspecified atom stereocenters. The standard InChI is InChI=1S/C17H28O4SSi/c1-8-15(21-23(6,7)17(3,4)5)13-20-22(18,19)16-11-9-14(2)10-12-16/h8-12,15H,1,13H2,2-7H3/t15-/m0/s1. The molecular weight excluding hydrogens is 328 g/mol. The molecule has 1 aromatic carbocycles. The van der Waals surface area contributed by atoms with Gasteiger partial charge in [0.15, 0.2) is 8.32 Å². The molecule has 4 nitrogen and oxygen atoms in total. The monoisotopic (exact) mass is 356 g/mol. The van der Waals surface area contributed by atoms with Gasteiger partial charge in [0.1, 0.15) is 0 Å². The Labute approximate surface area is 141 Å². The average Bonchev–Trinajstić information content (AvgIpc) is 2.42. The molecule has 0 aliphatic carbocycles. The van der Waals surface area contributed by atoms with Gasteiger partial charge in [0, 0.05) is 0 Å². The highest BCUT2D eigenvalue weighted by Crippen LogP contribution is 2.37.